The predicted octanol–water partition coefficient (Wildman–Crippen LogP) is 3.34. The Labute approximate surface area is 152 Å². The Hall–Kier alpha value is -1.55. The lowest BCUT2D eigenvalue weighted by Crippen LogP contribution is -2.51. The molecule has 0 aliphatic carbocycles. The normalized spacial score (nSPS) is 25.8. The van der Waals surface area contributed by atoms with Gasteiger partial charge in [0.1, 0.15) is 5.75 Å². The summed E-state index contributed by atoms with van der Waals surface area (Å²) in [4.78, 5) is 17.1. The Morgan fingerprint density at radius 2 is 1.68 bits per heavy atom. The van der Waals surface area contributed by atoms with E-state index in [-0.39, 0.29) is 12.5 Å². The standard InChI is InChI=1S/C21H32N2O2/c1-16-4-6-20(7-5-16)25-15-21(24)22-10-8-19(9-11-22)23-13-17(2)12-18(3)14-23/h4-7,17-19H,8-15H2,1-3H3/t17-,18-/m0/s1. The minimum absolute atomic E-state index is 0.111. The van der Waals surface area contributed by atoms with Crippen LogP contribution in [0.25, 0.3) is 0 Å². The number of rotatable bonds is 4. The number of carbonyl (C=O) groups excluding carboxylic acids is 1. The molecular formula is C21H32N2O2. The van der Waals surface area contributed by atoms with Gasteiger partial charge in [0, 0.05) is 32.2 Å². The number of nitrogens with zero attached hydrogens (tertiary/aromatic N) is 2. The monoisotopic (exact) mass is 344 g/mol. The molecule has 1 aromatic rings. The number of ether oxygens (including phenoxy) is 1. The number of aryl methyl sites for hydroxylation is 1. The zero-order valence-electron chi connectivity index (χ0n) is 15.9. The molecule has 0 radical (unpaired) electrons. The van der Waals surface area contributed by atoms with Gasteiger partial charge in [-0.15, -0.1) is 0 Å². The van der Waals surface area contributed by atoms with Gasteiger partial charge in [-0.2, -0.15) is 0 Å². The first-order valence-corrected chi connectivity index (χ1v) is 9.72. The third kappa shape index (κ3) is 4.97. The van der Waals surface area contributed by atoms with Gasteiger partial charge in [0.05, 0.1) is 0 Å². The van der Waals surface area contributed by atoms with Crippen LogP contribution < -0.4 is 4.74 Å². The molecule has 0 N–H and O–H groups in total. The molecule has 0 aromatic heterocycles. The van der Waals surface area contributed by atoms with Crippen molar-refractivity contribution in [1.82, 2.24) is 9.80 Å². The van der Waals surface area contributed by atoms with Crippen LogP contribution in [-0.4, -0.2) is 54.5 Å². The molecule has 2 atom stereocenters. The Morgan fingerprint density at radius 1 is 1.08 bits per heavy atom. The molecule has 2 fully saturated rings. The first-order chi connectivity index (χ1) is 12.0. The maximum atomic E-state index is 12.4. The van der Waals surface area contributed by atoms with Crippen LogP contribution in [-0.2, 0) is 4.79 Å². The van der Waals surface area contributed by atoms with E-state index < -0.39 is 0 Å². The molecule has 2 aliphatic heterocycles. The molecule has 2 aliphatic rings. The van der Waals surface area contributed by atoms with Crippen LogP contribution in [0.3, 0.4) is 0 Å². The second-order valence-electron chi connectivity index (χ2n) is 8.11. The summed E-state index contributed by atoms with van der Waals surface area (Å²) >= 11 is 0. The van der Waals surface area contributed by atoms with Gasteiger partial charge in [0.2, 0.25) is 0 Å². The van der Waals surface area contributed by atoms with Crippen LogP contribution in [0.5, 0.6) is 5.75 Å². The van der Waals surface area contributed by atoms with Crippen molar-refractivity contribution in [2.24, 2.45) is 11.8 Å². The highest BCUT2D eigenvalue weighted by Crippen LogP contribution is 2.26. The van der Waals surface area contributed by atoms with Crippen molar-refractivity contribution in [3.63, 3.8) is 0 Å². The SMILES string of the molecule is Cc1ccc(OCC(=O)N2CCC(N3C[C@@H](C)C[C@H](C)C3)CC2)cc1. The molecular weight excluding hydrogens is 312 g/mol. The highest BCUT2D eigenvalue weighted by molar-refractivity contribution is 5.77. The Kier molecular flexibility index (Phi) is 6.00. The number of carbonyl (C=O) groups is 1. The van der Waals surface area contributed by atoms with Gasteiger partial charge in [-0.1, -0.05) is 31.5 Å². The van der Waals surface area contributed by atoms with Crippen molar-refractivity contribution < 1.29 is 9.53 Å². The van der Waals surface area contributed by atoms with E-state index in [1.165, 1.54) is 25.1 Å². The molecule has 4 nitrogen and oxygen atoms in total. The van der Waals surface area contributed by atoms with Crippen LogP contribution in [0.1, 0.15) is 38.7 Å². The van der Waals surface area contributed by atoms with E-state index in [2.05, 4.69) is 18.7 Å². The Balaban J connectivity index is 1.43. The number of hydrogen-bond acceptors (Lipinski definition) is 3. The van der Waals surface area contributed by atoms with Crippen LogP contribution in [0.2, 0.25) is 0 Å². The first kappa shape index (κ1) is 18.2. The van der Waals surface area contributed by atoms with Gasteiger partial charge >= 0.3 is 0 Å². The van der Waals surface area contributed by atoms with E-state index >= 15 is 0 Å². The topological polar surface area (TPSA) is 32.8 Å². The van der Waals surface area contributed by atoms with Crippen LogP contribution in [0.4, 0.5) is 0 Å². The number of likely N-dealkylation sites (tertiary alicyclic amines) is 2. The third-order valence-corrected chi connectivity index (χ3v) is 5.61. The molecule has 0 saturated carbocycles. The number of benzene rings is 1. The maximum absolute atomic E-state index is 12.4. The molecule has 3 rings (SSSR count). The number of piperidine rings is 2. The van der Waals surface area contributed by atoms with E-state index in [0.717, 1.165) is 43.5 Å². The fraction of sp³-hybridized carbons (Fsp3) is 0.667. The van der Waals surface area contributed by atoms with Crippen molar-refractivity contribution in [2.75, 3.05) is 32.8 Å². The Bertz CT molecular complexity index is 554. The molecule has 138 valence electrons. The average Bonchev–Trinajstić information content (AvgIpc) is 2.60. The Morgan fingerprint density at radius 3 is 2.28 bits per heavy atom. The lowest BCUT2D eigenvalue weighted by Gasteiger charge is -2.43. The lowest BCUT2D eigenvalue weighted by molar-refractivity contribution is -0.135. The summed E-state index contributed by atoms with van der Waals surface area (Å²) < 4.78 is 5.65. The van der Waals surface area contributed by atoms with E-state index in [1.54, 1.807) is 0 Å². The molecule has 1 aromatic carbocycles. The van der Waals surface area contributed by atoms with Gasteiger partial charge in [0.25, 0.3) is 5.91 Å². The van der Waals surface area contributed by atoms with Crippen molar-refractivity contribution in [2.45, 2.75) is 46.1 Å². The van der Waals surface area contributed by atoms with Crippen molar-refractivity contribution in [3.05, 3.63) is 29.8 Å². The highest BCUT2D eigenvalue weighted by Gasteiger charge is 2.31. The van der Waals surface area contributed by atoms with Crippen LogP contribution in [0.15, 0.2) is 24.3 Å². The molecule has 0 unspecified atom stereocenters. The molecule has 25 heavy (non-hydrogen) atoms. The summed E-state index contributed by atoms with van der Waals surface area (Å²) in [7, 11) is 0. The van der Waals surface area contributed by atoms with E-state index in [1.807, 2.05) is 36.1 Å². The second kappa shape index (κ2) is 8.22. The zero-order chi connectivity index (χ0) is 17.8. The summed E-state index contributed by atoms with van der Waals surface area (Å²) in [5, 5.41) is 0. The summed E-state index contributed by atoms with van der Waals surface area (Å²) in [5.74, 6) is 2.47. The van der Waals surface area contributed by atoms with Gasteiger partial charge in [-0.3, -0.25) is 9.69 Å². The van der Waals surface area contributed by atoms with E-state index in [9.17, 15) is 4.79 Å². The van der Waals surface area contributed by atoms with E-state index in [0.29, 0.717) is 6.04 Å². The summed E-state index contributed by atoms with van der Waals surface area (Å²) in [6, 6.07) is 8.51. The number of hydrogen-bond donors (Lipinski definition) is 0. The molecule has 4 heteroatoms. The summed E-state index contributed by atoms with van der Waals surface area (Å²) in [5.41, 5.74) is 1.20. The number of amides is 1. The lowest BCUT2D eigenvalue weighted by atomic mass is 9.89. The van der Waals surface area contributed by atoms with Crippen molar-refractivity contribution in [3.8, 4) is 5.75 Å². The molecule has 0 spiro atoms. The fourth-order valence-electron chi connectivity index (χ4n) is 4.36. The minimum atomic E-state index is 0.111. The molecule has 0 bridgehead atoms. The predicted molar refractivity (Wildman–Crippen MR) is 101 cm³/mol. The molecule has 1 amide bonds. The summed E-state index contributed by atoms with van der Waals surface area (Å²) in [6.07, 6.45) is 3.54. The fourth-order valence-corrected chi connectivity index (χ4v) is 4.36. The van der Waals surface area contributed by atoms with Gasteiger partial charge < -0.3 is 9.64 Å². The third-order valence-electron chi connectivity index (χ3n) is 5.61. The molecule has 2 saturated heterocycles. The van der Waals surface area contributed by atoms with E-state index in [4.69, 9.17) is 4.74 Å². The van der Waals surface area contributed by atoms with Crippen molar-refractivity contribution in [1.29, 1.82) is 0 Å². The second-order valence-corrected chi connectivity index (χ2v) is 8.11. The zero-order valence-corrected chi connectivity index (χ0v) is 15.9. The van der Waals surface area contributed by atoms with Gasteiger partial charge in [0.15, 0.2) is 6.61 Å². The average molecular weight is 344 g/mol. The largest absolute Gasteiger partial charge is 0.484 e. The first-order valence-electron chi connectivity index (χ1n) is 9.72. The highest BCUT2D eigenvalue weighted by atomic mass is 16.5. The quantitative estimate of drug-likeness (QED) is 0.840. The van der Waals surface area contributed by atoms with Crippen molar-refractivity contribution >= 4 is 5.91 Å². The minimum Gasteiger partial charge on any atom is -0.484 e. The van der Waals surface area contributed by atoms with Crippen LogP contribution in [0, 0.1) is 18.8 Å². The van der Waals surface area contributed by atoms with Gasteiger partial charge in [-0.05, 0) is 50.2 Å². The molecule has 2 heterocycles. The van der Waals surface area contributed by atoms with Gasteiger partial charge in [-0.25, -0.2) is 0 Å². The maximum Gasteiger partial charge on any atom is 0.260 e. The smallest absolute Gasteiger partial charge is 0.260 e. The summed E-state index contributed by atoms with van der Waals surface area (Å²) in [6.45, 7) is 11.1. The van der Waals surface area contributed by atoms with Crippen LogP contribution >= 0.6 is 0 Å².